The van der Waals surface area contributed by atoms with Crippen LogP contribution in [-0.2, 0) is 14.8 Å². The van der Waals surface area contributed by atoms with Gasteiger partial charge in [-0.3, -0.25) is 9.69 Å². The highest BCUT2D eigenvalue weighted by atomic mass is 32.2. The van der Waals surface area contributed by atoms with Crippen molar-refractivity contribution in [3.05, 3.63) is 73.1 Å². The molecule has 8 nitrogen and oxygen atoms in total. The number of para-hydroxylation sites is 2. The summed E-state index contributed by atoms with van der Waals surface area (Å²) in [5.74, 6) is -0.0708. The summed E-state index contributed by atoms with van der Waals surface area (Å²) in [6.07, 6.45) is 4.16. The minimum absolute atomic E-state index is 0.0708. The van der Waals surface area contributed by atoms with Crippen molar-refractivity contribution in [1.29, 1.82) is 0 Å². The monoisotopic (exact) mass is 439 g/mol. The van der Waals surface area contributed by atoms with Crippen LogP contribution in [0.15, 0.2) is 78.0 Å². The van der Waals surface area contributed by atoms with Crippen LogP contribution in [0.2, 0.25) is 0 Å². The summed E-state index contributed by atoms with van der Waals surface area (Å²) in [4.78, 5) is 14.4. The van der Waals surface area contributed by atoms with Gasteiger partial charge >= 0.3 is 0 Å². The van der Waals surface area contributed by atoms with Gasteiger partial charge in [-0.25, -0.2) is 17.8 Å². The molecule has 0 aliphatic carbocycles. The zero-order valence-corrected chi connectivity index (χ0v) is 17.8. The van der Waals surface area contributed by atoms with Crippen LogP contribution in [0.3, 0.4) is 0 Å². The van der Waals surface area contributed by atoms with Gasteiger partial charge in [-0.05, 0) is 37.1 Å². The fraction of sp³-hybridized carbons (Fsp3) is 0.273. The summed E-state index contributed by atoms with van der Waals surface area (Å²) in [5, 5.41) is 7.04. The molecular formula is C22H25N5O3S. The Morgan fingerprint density at radius 3 is 2.32 bits per heavy atom. The first-order valence-electron chi connectivity index (χ1n) is 10.2. The van der Waals surface area contributed by atoms with Crippen LogP contribution in [0.25, 0.3) is 5.69 Å². The van der Waals surface area contributed by atoms with Crippen molar-refractivity contribution in [3.8, 4) is 5.69 Å². The zero-order chi connectivity index (χ0) is 21.7. The summed E-state index contributed by atoms with van der Waals surface area (Å²) in [6.45, 7) is 1.59. The Bertz CT molecular complexity index is 1110. The number of likely N-dealkylation sites (tertiary alicyclic amines) is 1. The molecule has 2 aromatic carbocycles. The normalized spacial score (nSPS) is 15.6. The molecule has 2 heterocycles. The Kier molecular flexibility index (Phi) is 6.45. The molecule has 0 spiro atoms. The van der Waals surface area contributed by atoms with Gasteiger partial charge in [0.05, 0.1) is 24.6 Å². The predicted molar refractivity (Wildman–Crippen MR) is 118 cm³/mol. The number of carbonyl (C=O) groups excluding carboxylic acids is 1. The van der Waals surface area contributed by atoms with E-state index in [1.165, 1.54) is 12.4 Å². The lowest BCUT2D eigenvalue weighted by atomic mass is 10.1. The van der Waals surface area contributed by atoms with Crippen LogP contribution in [0, 0.1) is 0 Å². The lowest BCUT2D eigenvalue weighted by Crippen LogP contribution is -2.46. The molecule has 1 saturated heterocycles. The van der Waals surface area contributed by atoms with Gasteiger partial charge in [0.1, 0.15) is 4.90 Å². The van der Waals surface area contributed by atoms with Crippen molar-refractivity contribution in [3.63, 3.8) is 0 Å². The van der Waals surface area contributed by atoms with Crippen LogP contribution >= 0.6 is 0 Å². The molecule has 3 aromatic rings. The number of aromatic nitrogens is 2. The topological polar surface area (TPSA) is 96.3 Å². The van der Waals surface area contributed by atoms with E-state index in [1.807, 2.05) is 65.6 Å². The molecule has 4 rings (SSSR count). The van der Waals surface area contributed by atoms with Crippen LogP contribution < -0.4 is 10.0 Å². The standard InChI is InChI=1S/C22H25N5O3S/c28-22(24-18-7-3-1-4-8-18)17-26-13-11-19(12-14-26)25-31(29,30)21-15-23-27(16-21)20-9-5-2-6-10-20/h1-10,15-16,19,25H,11-14,17H2,(H,24,28). The Morgan fingerprint density at radius 1 is 1.00 bits per heavy atom. The molecule has 1 aliphatic rings. The van der Waals surface area contributed by atoms with Crippen molar-refractivity contribution < 1.29 is 13.2 Å². The molecule has 1 fully saturated rings. The maximum atomic E-state index is 12.8. The largest absolute Gasteiger partial charge is 0.325 e. The lowest BCUT2D eigenvalue weighted by Gasteiger charge is -2.31. The molecule has 0 saturated carbocycles. The van der Waals surface area contributed by atoms with Gasteiger partial charge in [-0.2, -0.15) is 5.10 Å². The highest BCUT2D eigenvalue weighted by molar-refractivity contribution is 7.89. The third-order valence-corrected chi connectivity index (χ3v) is 6.70. The molecule has 1 amide bonds. The molecule has 1 aromatic heterocycles. The van der Waals surface area contributed by atoms with E-state index < -0.39 is 10.0 Å². The first-order valence-corrected chi connectivity index (χ1v) is 11.7. The molecule has 2 N–H and O–H groups in total. The number of rotatable bonds is 7. The Labute approximate surface area is 181 Å². The molecule has 0 radical (unpaired) electrons. The summed E-state index contributed by atoms with van der Waals surface area (Å²) in [6, 6.07) is 18.5. The van der Waals surface area contributed by atoms with Crippen LogP contribution in [0.1, 0.15) is 12.8 Å². The number of anilines is 1. The predicted octanol–water partition coefficient (Wildman–Crippen LogP) is 2.25. The average molecular weight is 440 g/mol. The number of sulfonamides is 1. The number of carbonyl (C=O) groups is 1. The lowest BCUT2D eigenvalue weighted by molar-refractivity contribution is -0.117. The molecular weight excluding hydrogens is 414 g/mol. The van der Waals surface area contributed by atoms with E-state index in [9.17, 15) is 13.2 Å². The molecule has 31 heavy (non-hydrogen) atoms. The van der Waals surface area contributed by atoms with Crippen LogP contribution in [-0.4, -0.2) is 54.7 Å². The number of amides is 1. The van der Waals surface area contributed by atoms with Crippen LogP contribution in [0.4, 0.5) is 5.69 Å². The SMILES string of the molecule is O=C(CN1CCC(NS(=O)(=O)c2cnn(-c3ccccc3)c2)CC1)Nc1ccccc1. The van der Waals surface area contributed by atoms with Gasteiger partial charge in [0.25, 0.3) is 0 Å². The first-order chi connectivity index (χ1) is 15.0. The molecule has 0 atom stereocenters. The Hall–Kier alpha value is -3.01. The first kappa shape index (κ1) is 21.2. The number of nitrogens with one attached hydrogen (secondary N) is 2. The molecule has 0 bridgehead atoms. The second kappa shape index (κ2) is 9.42. The molecule has 9 heteroatoms. The third kappa shape index (κ3) is 5.57. The van der Waals surface area contributed by atoms with Gasteiger partial charge < -0.3 is 5.32 Å². The quantitative estimate of drug-likeness (QED) is 0.589. The molecule has 162 valence electrons. The number of piperidine rings is 1. The third-order valence-electron chi connectivity index (χ3n) is 5.22. The summed E-state index contributed by atoms with van der Waals surface area (Å²) >= 11 is 0. The maximum Gasteiger partial charge on any atom is 0.243 e. The van der Waals surface area contributed by atoms with E-state index in [2.05, 4.69) is 15.1 Å². The van der Waals surface area contributed by atoms with E-state index in [-0.39, 0.29) is 23.4 Å². The summed E-state index contributed by atoms with van der Waals surface area (Å²) < 4.78 is 29.9. The van der Waals surface area contributed by atoms with Gasteiger partial charge in [-0.1, -0.05) is 36.4 Å². The highest BCUT2D eigenvalue weighted by Gasteiger charge is 2.26. The fourth-order valence-corrected chi connectivity index (χ4v) is 4.82. The highest BCUT2D eigenvalue weighted by Crippen LogP contribution is 2.16. The van der Waals surface area contributed by atoms with E-state index in [4.69, 9.17) is 0 Å². The number of benzene rings is 2. The van der Waals surface area contributed by atoms with Gasteiger partial charge in [-0.15, -0.1) is 0 Å². The van der Waals surface area contributed by atoms with Gasteiger partial charge in [0, 0.05) is 24.8 Å². The van der Waals surface area contributed by atoms with E-state index >= 15 is 0 Å². The van der Waals surface area contributed by atoms with Gasteiger partial charge in [0.15, 0.2) is 0 Å². The van der Waals surface area contributed by atoms with Crippen molar-refractivity contribution in [1.82, 2.24) is 19.4 Å². The average Bonchev–Trinajstić information content (AvgIpc) is 3.28. The van der Waals surface area contributed by atoms with E-state index in [1.54, 1.807) is 4.68 Å². The second-order valence-corrected chi connectivity index (χ2v) is 9.26. The Morgan fingerprint density at radius 2 is 1.65 bits per heavy atom. The zero-order valence-electron chi connectivity index (χ0n) is 17.0. The van der Waals surface area contributed by atoms with E-state index in [0.29, 0.717) is 25.9 Å². The fourth-order valence-electron chi connectivity index (χ4n) is 3.59. The molecule has 0 unspecified atom stereocenters. The number of nitrogens with zero attached hydrogens (tertiary/aromatic N) is 3. The van der Waals surface area contributed by atoms with Crippen molar-refractivity contribution in [2.45, 2.75) is 23.8 Å². The number of hydrogen-bond acceptors (Lipinski definition) is 5. The van der Waals surface area contributed by atoms with Crippen LogP contribution in [0.5, 0.6) is 0 Å². The molecule has 1 aliphatic heterocycles. The minimum atomic E-state index is -3.66. The number of hydrogen-bond donors (Lipinski definition) is 2. The second-order valence-electron chi connectivity index (χ2n) is 7.54. The smallest absolute Gasteiger partial charge is 0.243 e. The van der Waals surface area contributed by atoms with Crippen molar-refractivity contribution in [2.24, 2.45) is 0 Å². The maximum absolute atomic E-state index is 12.8. The van der Waals surface area contributed by atoms with Crippen molar-refractivity contribution in [2.75, 3.05) is 25.0 Å². The van der Waals surface area contributed by atoms with Gasteiger partial charge in [0.2, 0.25) is 15.9 Å². The van der Waals surface area contributed by atoms with Crippen molar-refractivity contribution >= 4 is 21.6 Å². The summed E-state index contributed by atoms with van der Waals surface area (Å²) in [5.41, 5.74) is 1.57. The van der Waals surface area contributed by atoms with E-state index in [0.717, 1.165) is 11.4 Å². The summed E-state index contributed by atoms with van der Waals surface area (Å²) in [7, 11) is -3.66. The minimum Gasteiger partial charge on any atom is -0.325 e. The Balaban J connectivity index is 1.28.